The van der Waals surface area contributed by atoms with Gasteiger partial charge in [0.05, 0.1) is 0 Å². The SMILES string of the molecule is NC(=O)c1cccc(CCN(c2ccc(-c3ccccc3)cc2)S(=O)[O-])c1. The molecule has 2 N–H and O–H groups in total. The molecule has 0 saturated heterocycles. The number of rotatable bonds is 7. The van der Waals surface area contributed by atoms with Crippen molar-refractivity contribution >= 4 is 22.9 Å². The fourth-order valence-corrected chi connectivity index (χ4v) is 3.39. The van der Waals surface area contributed by atoms with E-state index in [1.54, 1.807) is 30.3 Å². The van der Waals surface area contributed by atoms with E-state index in [0.29, 0.717) is 17.7 Å². The lowest BCUT2D eigenvalue weighted by Gasteiger charge is -2.26. The third-order valence-electron chi connectivity index (χ3n) is 4.26. The monoisotopic (exact) mass is 379 g/mol. The van der Waals surface area contributed by atoms with Crippen molar-refractivity contribution in [1.29, 1.82) is 0 Å². The van der Waals surface area contributed by atoms with Crippen LogP contribution < -0.4 is 10.0 Å². The number of hydrogen-bond acceptors (Lipinski definition) is 3. The highest BCUT2D eigenvalue weighted by molar-refractivity contribution is 7.80. The Labute approximate surface area is 160 Å². The van der Waals surface area contributed by atoms with Gasteiger partial charge in [-0.2, -0.15) is 0 Å². The molecular weight excluding hydrogens is 360 g/mol. The van der Waals surface area contributed by atoms with Gasteiger partial charge in [-0.1, -0.05) is 54.6 Å². The summed E-state index contributed by atoms with van der Waals surface area (Å²) in [5.74, 6) is -0.502. The van der Waals surface area contributed by atoms with E-state index in [0.717, 1.165) is 16.7 Å². The maximum absolute atomic E-state index is 11.7. The highest BCUT2D eigenvalue weighted by Gasteiger charge is 2.09. The van der Waals surface area contributed by atoms with Crippen LogP contribution in [0.1, 0.15) is 15.9 Å². The number of anilines is 1. The summed E-state index contributed by atoms with van der Waals surface area (Å²) in [6, 6.07) is 24.2. The summed E-state index contributed by atoms with van der Waals surface area (Å²) in [6.45, 7) is 0.267. The van der Waals surface area contributed by atoms with Crippen molar-refractivity contribution in [2.45, 2.75) is 6.42 Å². The Hall–Kier alpha value is -2.96. The van der Waals surface area contributed by atoms with Crippen LogP contribution in [0.5, 0.6) is 0 Å². The van der Waals surface area contributed by atoms with Crippen LogP contribution in [0.25, 0.3) is 11.1 Å². The first-order valence-electron chi connectivity index (χ1n) is 8.46. The second-order valence-electron chi connectivity index (χ2n) is 6.05. The van der Waals surface area contributed by atoms with Crippen LogP contribution in [0.4, 0.5) is 5.69 Å². The summed E-state index contributed by atoms with van der Waals surface area (Å²) >= 11 is -2.40. The maximum Gasteiger partial charge on any atom is 0.248 e. The molecule has 0 spiro atoms. The van der Waals surface area contributed by atoms with E-state index in [4.69, 9.17) is 5.73 Å². The molecule has 3 rings (SSSR count). The summed E-state index contributed by atoms with van der Waals surface area (Å²) in [5, 5.41) is 0. The molecule has 0 saturated carbocycles. The van der Waals surface area contributed by atoms with Crippen LogP contribution in [0.3, 0.4) is 0 Å². The van der Waals surface area contributed by atoms with Gasteiger partial charge in [0.1, 0.15) is 0 Å². The number of nitrogens with two attached hydrogens (primary N) is 1. The van der Waals surface area contributed by atoms with Gasteiger partial charge in [0.2, 0.25) is 5.91 Å². The van der Waals surface area contributed by atoms with E-state index < -0.39 is 17.2 Å². The minimum Gasteiger partial charge on any atom is -0.755 e. The molecule has 138 valence electrons. The van der Waals surface area contributed by atoms with Crippen LogP contribution in [0.2, 0.25) is 0 Å². The number of benzene rings is 3. The normalized spacial score (nSPS) is 11.7. The van der Waals surface area contributed by atoms with Gasteiger partial charge < -0.3 is 14.6 Å². The lowest BCUT2D eigenvalue weighted by Crippen LogP contribution is -2.27. The molecule has 1 amide bonds. The summed E-state index contributed by atoms with van der Waals surface area (Å²) in [7, 11) is 0. The number of nitrogens with zero attached hydrogens (tertiary/aromatic N) is 1. The van der Waals surface area contributed by atoms with Crippen molar-refractivity contribution in [3.05, 3.63) is 90.0 Å². The fraction of sp³-hybridized carbons (Fsp3) is 0.0952. The van der Waals surface area contributed by atoms with E-state index >= 15 is 0 Å². The second kappa shape index (κ2) is 8.62. The maximum atomic E-state index is 11.7. The molecule has 27 heavy (non-hydrogen) atoms. The summed E-state index contributed by atoms with van der Waals surface area (Å²) in [5.41, 5.74) is 9.24. The van der Waals surface area contributed by atoms with E-state index in [9.17, 15) is 13.6 Å². The predicted octanol–water partition coefficient (Wildman–Crippen LogP) is 3.30. The van der Waals surface area contributed by atoms with Crippen molar-refractivity contribution in [1.82, 2.24) is 0 Å². The van der Waals surface area contributed by atoms with Gasteiger partial charge in [-0.3, -0.25) is 9.00 Å². The van der Waals surface area contributed by atoms with Gasteiger partial charge in [-0.05, 0) is 47.4 Å². The standard InChI is InChI=1S/C21H20N2O3S/c22-21(24)19-8-4-5-16(15-19)13-14-23(27(25)26)20-11-9-18(10-12-20)17-6-2-1-3-7-17/h1-12,15H,13-14H2,(H2,22,24)(H,25,26)/p-1. The molecule has 0 aromatic heterocycles. The van der Waals surface area contributed by atoms with Gasteiger partial charge in [-0.25, -0.2) is 0 Å². The van der Waals surface area contributed by atoms with E-state index in [1.165, 1.54) is 4.31 Å². The molecule has 3 aromatic rings. The van der Waals surface area contributed by atoms with Crippen LogP contribution in [-0.2, 0) is 17.7 Å². The average Bonchev–Trinajstić information content (AvgIpc) is 2.69. The quantitative estimate of drug-likeness (QED) is 0.639. The molecule has 5 nitrogen and oxygen atoms in total. The molecule has 0 aliphatic rings. The van der Waals surface area contributed by atoms with Crippen molar-refractivity contribution in [2.24, 2.45) is 5.73 Å². The number of amides is 1. The number of carbonyl (C=O) groups is 1. The molecule has 1 atom stereocenters. The molecule has 0 fully saturated rings. The van der Waals surface area contributed by atoms with Crippen LogP contribution >= 0.6 is 0 Å². The Kier molecular flexibility index (Phi) is 6.01. The van der Waals surface area contributed by atoms with Gasteiger partial charge in [0, 0.05) is 29.1 Å². The van der Waals surface area contributed by atoms with Gasteiger partial charge in [0.15, 0.2) is 0 Å². The smallest absolute Gasteiger partial charge is 0.248 e. The highest BCUT2D eigenvalue weighted by atomic mass is 32.2. The Morgan fingerprint density at radius 2 is 1.59 bits per heavy atom. The van der Waals surface area contributed by atoms with Crippen LogP contribution in [0.15, 0.2) is 78.9 Å². The minimum absolute atomic E-state index is 0.267. The molecular formula is C21H19N2O3S-. The Bertz CT molecular complexity index is 943. The first-order valence-corrected chi connectivity index (χ1v) is 9.49. The molecule has 0 radical (unpaired) electrons. The largest absolute Gasteiger partial charge is 0.755 e. The summed E-state index contributed by atoms with van der Waals surface area (Å²) in [6.07, 6.45) is 0.468. The molecule has 0 heterocycles. The van der Waals surface area contributed by atoms with Crippen molar-refractivity contribution in [2.75, 3.05) is 10.8 Å². The topological polar surface area (TPSA) is 86.5 Å². The van der Waals surface area contributed by atoms with Crippen molar-refractivity contribution < 1.29 is 13.6 Å². The summed E-state index contributed by atoms with van der Waals surface area (Å²) in [4.78, 5) is 11.3. The van der Waals surface area contributed by atoms with Crippen LogP contribution in [0, 0.1) is 0 Å². The van der Waals surface area contributed by atoms with E-state index in [2.05, 4.69) is 0 Å². The molecule has 6 heteroatoms. The average molecular weight is 379 g/mol. The number of primary amides is 1. The zero-order chi connectivity index (χ0) is 19.2. The predicted molar refractivity (Wildman–Crippen MR) is 107 cm³/mol. The minimum atomic E-state index is -2.40. The number of hydrogen-bond donors (Lipinski definition) is 1. The molecule has 3 aromatic carbocycles. The third-order valence-corrected chi connectivity index (χ3v) is 5.01. The van der Waals surface area contributed by atoms with E-state index in [-0.39, 0.29) is 6.54 Å². The molecule has 1 unspecified atom stereocenters. The number of carbonyl (C=O) groups excluding carboxylic acids is 1. The third kappa shape index (κ3) is 4.81. The zero-order valence-electron chi connectivity index (χ0n) is 14.6. The highest BCUT2D eigenvalue weighted by Crippen LogP contribution is 2.24. The molecule has 0 aliphatic heterocycles. The van der Waals surface area contributed by atoms with Crippen molar-refractivity contribution in [3.63, 3.8) is 0 Å². The van der Waals surface area contributed by atoms with Gasteiger partial charge >= 0.3 is 0 Å². The lowest BCUT2D eigenvalue weighted by molar-refractivity contribution is 0.1000. The summed E-state index contributed by atoms with van der Waals surface area (Å²) < 4.78 is 24.7. The Balaban J connectivity index is 1.75. The first kappa shape index (κ1) is 18.8. The van der Waals surface area contributed by atoms with Crippen LogP contribution in [-0.4, -0.2) is 21.2 Å². The lowest BCUT2D eigenvalue weighted by atomic mass is 10.1. The first-order chi connectivity index (χ1) is 13.0. The zero-order valence-corrected chi connectivity index (χ0v) is 15.4. The Morgan fingerprint density at radius 3 is 2.22 bits per heavy atom. The van der Waals surface area contributed by atoms with E-state index in [1.807, 2.05) is 48.5 Å². The van der Waals surface area contributed by atoms with Gasteiger partial charge in [-0.15, -0.1) is 0 Å². The molecule has 0 aliphatic carbocycles. The van der Waals surface area contributed by atoms with Gasteiger partial charge in [0.25, 0.3) is 0 Å². The second-order valence-corrected chi connectivity index (χ2v) is 6.92. The Morgan fingerprint density at radius 1 is 0.926 bits per heavy atom. The van der Waals surface area contributed by atoms with Crippen molar-refractivity contribution in [3.8, 4) is 11.1 Å². The fourth-order valence-electron chi connectivity index (χ4n) is 2.85. The molecule has 0 bridgehead atoms.